The number of benzene rings is 1. The molecule has 5 nitrogen and oxygen atoms in total. The molecule has 1 amide bonds. The summed E-state index contributed by atoms with van der Waals surface area (Å²) in [6, 6.07) is 4.72. The molecule has 0 spiro atoms. The lowest BCUT2D eigenvalue weighted by Gasteiger charge is -2.17. The second-order valence-corrected chi connectivity index (χ2v) is 8.10. The molecule has 1 aromatic rings. The number of nitrogens with one attached hydrogen (secondary N) is 1. The molecule has 1 aromatic carbocycles. The third-order valence-electron chi connectivity index (χ3n) is 3.67. The molecule has 0 fully saturated rings. The minimum Gasteiger partial charge on any atom is -0.348 e. The molecule has 3 N–H and O–H groups in total. The zero-order valence-corrected chi connectivity index (χ0v) is 14.6. The summed E-state index contributed by atoms with van der Waals surface area (Å²) in [6.07, 6.45) is 2.86. The van der Waals surface area contributed by atoms with Crippen molar-refractivity contribution in [3.05, 3.63) is 34.3 Å². The van der Waals surface area contributed by atoms with Crippen LogP contribution in [0.2, 0.25) is 5.02 Å². The third-order valence-corrected chi connectivity index (χ3v) is 5.00. The molecule has 0 saturated carbocycles. The predicted molar refractivity (Wildman–Crippen MR) is 90.2 cm³/mol. The van der Waals surface area contributed by atoms with Crippen LogP contribution >= 0.6 is 24.0 Å². The number of amides is 1. The van der Waals surface area contributed by atoms with Crippen LogP contribution in [0.5, 0.6) is 0 Å². The Morgan fingerprint density at radius 1 is 1.50 bits per heavy atom. The van der Waals surface area contributed by atoms with Crippen LogP contribution < -0.4 is 11.1 Å². The van der Waals surface area contributed by atoms with E-state index in [-0.39, 0.29) is 36.5 Å². The number of nitrogens with two attached hydrogens (primary N) is 1. The highest BCUT2D eigenvalue weighted by molar-refractivity contribution is 7.90. The second-order valence-electron chi connectivity index (χ2n) is 5.43. The number of halogens is 2. The van der Waals surface area contributed by atoms with Gasteiger partial charge in [0.25, 0.3) is 0 Å². The van der Waals surface area contributed by atoms with Gasteiger partial charge in [0, 0.05) is 11.3 Å². The Morgan fingerprint density at radius 3 is 2.82 bits per heavy atom. The summed E-state index contributed by atoms with van der Waals surface area (Å²) in [5, 5.41) is 3.59. The Balaban J connectivity index is 0.00000242. The van der Waals surface area contributed by atoms with Crippen molar-refractivity contribution in [1.29, 1.82) is 0 Å². The first kappa shape index (κ1) is 19.2. The topological polar surface area (TPSA) is 89.3 Å². The number of sulfone groups is 1. The van der Waals surface area contributed by atoms with E-state index in [1.54, 1.807) is 0 Å². The molecule has 2 atom stereocenters. The molecule has 0 radical (unpaired) electrons. The van der Waals surface area contributed by atoms with E-state index in [4.69, 9.17) is 17.3 Å². The first-order valence-corrected chi connectivity index (χ1v) is 9.23. The molecule has 2 unspecified atom stereocenters. The molecule has 8 heteroatoms. The van der Waals surface area contributed by atoms with Crippen molar-refractivity contribution in [3.8, 4) is 0 Å². The van der Waals surface area contributed by atoms with Crippen LogP contribution in [0.1, 0.15) is 30.0 Å². The summed E-state index contributed by atoms with van der Waals surface area (Å²) in [5.41, 5.74) is 7.83. The fourth-order valence-electron chi connectivity index (χ4n) is 2.51. The molecule has 1 aliphatic carbocycles. The lowest BCUT2D eigenvalue weighted by molar-refractivity contribution is -0.123. The molecular weight excluding hydrogens is 347 g/mol. The normalized spacial score (nSPS) is 18.2. The van der Waals surface area contributed by atoms with E-state index in [1.165, 1.54) is 0 Å². The molecule has 0 aromatic heterocycles. The maximum absolute atomic E-state index is 12.0. The Morgan fingerprint density at radius 2 is 2.18 bits per heavy atom. The smallest absolute Gasteiger partial charge is 0.237 e. The van der Waals surface area contributed by atoms with Crippen LogP contribution in [0.3, 0.4) is 0 Å². The van der Waals surface area contributed by atoms with Gasteiger partial charge in [-0.05, 0) is 36.5 Å². The average Bonchev–Trinajstić information content (AvgIpc) is 2.80. The molecule has 124 valence electrons. The summed E-state index contributed by atoms with van der Waals surface area (Å²) < 4.78 is 22.2. The number of rotatable bonds is 5. The van der Waals surface area contributed by atoms with E-state index in [1.807, 2.05) is 18.2 Å². The van der Waals surface area contributed by atoms with E-state index in [2.05, 4.69) is 5.32 Å². The molecule has 1 aliphatic rings. The third kappa shape index (κ3) is 4.84. The second kappa shape index (κ2) is 7.64. The molecule has 22 heavy (non-hydrogen) atoms. The van der Waals surface area contributed by atoms with Crippen LogP contribution in [-0.2, 0) is 21.1 Å². The van der Waals surface area contributed by atoms with Gasteiger partial charge in [0.2, 0.25) is 5.91 Å². The van der Waals surface area contributed by atoms with Crippen molar-refractivity contribution in [2.75, 3.05) is 12.0 Å². The SMILES string of the molecule is CS(=O)(=O)CCC(N)C(=O)NC1CCc2c(Cl)cccc21.Cl. The Labute approximate surface area is 141 Å². The van der Waals surface area contributed by atoms with Crippen LogP contribution in [0.25, 0.3) is 0 Å². The fourth-order valence-corrected chi connectivity index (χ4v) is 3.47. The molecular formula is C14H20Cl2N2O3S. The summed E-state index contributed by atoms with van der Waals surface area (Å²) >= 11 is 6.13. The first-order valence-electron chi connectivity index (χ1n) is 6.79. The molecule has 0 heterocycles. The molecule has 0 bridgehead atoms. The minimum absolute atomic E-state index is 0. The zero-order valence-electron chi connectivity index (χ0n) is 12.2. The van der Waals surface area contributed by atoms with Gasteiger partial charge in [0.1, 0.15) is 9.84 Å². The lowest BCUT2D eigenvalue weighted by atomic mass is 10.1. The highest BCUT2D eigenvalue weighted by atomic mass is 35.5. The zero-order chi connectivity index (χ0) is 15.6. The van der Waals surface area contributed by atoms with Crippen molar-refractivity contribution >= 4 is 39.8 Å². The fraction of sp³-hybridized carbons (Fsp3) is 0.500. The highest BCUT2D eigenvalue weighted by Crippen LogP contribution is 2.35. The Kier molecular flexibility index (Phi) is 6.67. The number of carbonyl (C=O) groups is 1. The van der Waals surface area contributed by atoms with Crippen molar-refractivity contribution in [2.45, 2.75) is 31.3 Å². The highest BCUT2D eigenvalue weighted by Gasteiger charge is 2.27. The molecule has 0 saturated heterocycles. The molecule has 0 aliphatic heterocycles. The average molecular weight is 367 g/mol. The van der Waals surface area contributed by atoms with E-state index >= 15 is 0 Å². The van der Waals surface area contributed by atoms with Crippen molar-refractivity contribution in [2.24, 2.45) is 5.73 Å². The lowest BCUT2D eigenvalue weighted by Crippen LogP contribution is -2.42. The maximum atomic E-state index is 12.0. The van der Waals surface area contributed by atoms with Crippen LogP contribution in [0.15, 0.2) is 18.2 Å². The van der Waals surface area contributed by atoms with E-state index in [0.717, 1.165) is 30.2 Å². The summed E-state index contributed by atoms with van der Waals surface area (Å²) in [4.78, 5) is 12.0. The monoisotopic (exact) mass is 366 g/mol. The van der Waals surface area contributed by atoms with Gasteiger partial charge in [0.15, 0.2) is 0 Å². The summed E-state index contributed by atoms with van der Waals surface area (Å²) in [6.45, 7) is 0. The van der Waals surface area contributed by atoms with Crippen LogP contribution in [0, 0.1) is 0 Å². The largest absolute Gasteiger partial charge is 0.348 e. The van der Waals surface area contributed by atoms with Gasteiger partial charge in [-0.3, -0.25) is 4.79 Å². The van der Waals surface area contributed by atoms with E-state index in [0.29, 0.717) is 5.02 Å². The van der Waals surface area contributed by atoms with E-state index < -0.39 is 15.9 Å². The predicted octanol–water partition coefficient (Wildman–Crippen LogP) is 1.63. The first-order chi connectivity index (χ1) is 9.78. The number of carbonyl (C=O) groups excluding carboxylic acids is 1. The van der Waals surface area contributed by atoms with Gasteiger partial charge >= 0.3 is 0 Å². The Bertz CT molecular complexity index is 649. The van der Waals surface area contributed by atoms with E-state index in [9.17, 15) is 13.2 Å². The van der Waals surface area contributed by atoms with Gasteiger partial charge in [-0.25, -0.2) is 8.42 Å². The van der Waals surface area contributed by atoms with Gasteiger partial charge in [-0.1, -0.05) is 23.7 Å². The summed E-state index contributed by atoms with van der Waals surface area (Å²) in [5.74, 6) is -0.411. The summed E-state index contributed by atoms with van der Waals surface area (Å²) in [7, 11) is -3.11. The quantitative estimate of drug-likeness (QED) is 0.828. The van der Waals surface area contributed by atoms with Gasteiger partial charge in [-0.15, -0.1) is 12.4 Å². The van der Waals surface area contributed by atoms with Crippen molar-refractivity contribution in [3.63, 3.8) is 0 Å². The van der Waals surface area contributed by atoms with Gasteiger partial charge in [-0.2, -0.15) is 0 Å². The maximum Gasteiger partial charge on any atom is 0.237 e. The number of hydrogen-bond acceptors (Lipinski definition) is 4. The van der Waals surface area contributed by atoms with Crippen molar-refractivity contribution in [1.82, 2.24) is 5.32 Å². The Hall–Kier alpha value is -0.820. The standard InChI is InChI=1S/C14H19ClN2O3S.ClH/c1-21(19,20)8-7-12(16)14(18)17-13-6-5-9-10(13)3-2-4-11(9)15;/h2-4,12-13H,5-8,16H2,1H3,(H,17,18);1H. The van der Waals surface area contributed by atoms with Crippen LogP contribution in [0.4, 0.5) is 0 Å². The molecule has 2 rings (SSSR count). The number of hydrogen-bond donors (Lipinski definition) is 2. The van der Waals surface area contributed by atoms with Crippen molar-refractivity contribution < 1.29 is 13.2 Å². The van der Waals surface area contributed by atoms with Gasteiger partial charge in [0.05, 0.1) is 17.8 Å². The number of fused-ring (bicyclic) bond motifs is 1. The van der Waals surface area contributed by atoms with Crippen LogP contribution in [-0.4, -0.2) is 32.4 Å². The van der Waals surface area contributed by atoms with Gasteiger partial charge < -0.3 is 11.1 Å². The minimum atomic E-state index is -3.11.